The Kier molecular flexibility index (Phi) is 3.92. The molecule has 0 amide bonds. The third-order valence-corrected chi connectivity index (χ3v) is 8.52. The van der Waals surface area contributed by atoms with E-state index in [1.165, 1.54) is 44.2 Å². The standard InChI is InChI=1S/C24H27N3OS/c1-14-19(22(28)18-4-2-3-5-20(18)26-14)12-25-23-27-21(13-29-23)24-9-15-6-16(10-24)8-17(7-15)11-24/h2-5,13,15-17H,6-12H2,1H3,(H,25,27)(H,26,28). The average Bonchev–Trinajstić information content (AvgIpc) is 3.17. The van der Waals surface area contributed by atoms with Crippen molar-refractivity contribution >= 4 is 27.4 Å². The van der Waals surface area contributed by atoms with Gasteiger partial charge in [0.05, 0.1) is 5.69 Å². The number of H-pyrrole nitrogens is 1. The minimum absolute atomic E-state index is 0.113. The Morgan fingerprint density at radius 1 is 1.14 bits per heavy atom. The predicted octanol–water partition coefficient (Wildman–Crippen LogP) is 5.37. The Morgan fingerprint density at radius 2 is 1.83 bits per heavy atom. The molecule has 0 radical (unpaired) electrons. The smallest absolute Gasteiger partial charge is 0.194 e. The number of nitrogens with zero attached hydrogens (tertiary/aromatic N) is 1. The van der Waals surface area contributed by atoms with Gasteiger partial charge in [-0.2, -0.15) is 0 Å². The van der Waals surface area contributed by atoms with Crippen molar-refractivity contribution in [3.63, 3.8) is 0 Å². The van der Waals surface area contributed by atoms with Crippen LogP contribution in [0.2, 0.25) is 0 Å². The fraction of sp³-hybridized carbons (Fsp3) is 0.500. The number of aryl methyl sites for hydroxylation is 1. The number of nitrogens with one attached hydrogen (secondary N) is 2. The van der Waals surface area contributed by atoms with Crippen LogP contribution in [0.5, 0.6) is 0 Å². The first-order valence-corrected chi connectivity index (χ1v) is 11.8. The van der Waals surface area contributed by atoms with Crippen molar-refractivity contribution in [2.24, 2.45) is 17.8 Å². The largest absolute Gasteiger partial charge is 0.358 e. The minimum atomic E-state index is 0.113. The molecule has 4 bridgehead atoms. The van der Waals surface area contributed by atoms with E-state index in [0.29, 0.717) is 12.0 Å². The molecule has 1 aromatic carbocycles. The van der Waals surface area contributed by atoms with E-state index in [0.717, 1.165) is 45.0 Å². The molecule has 3 aromatic rings. The second kappa shape index (κ2) is 6.43. The summed E-state index contributed by atoms with van der Waals surface area (Å²) in [7, 11) is 0. The zero-order chi connectivity index (χ0) is 19.6. The van der Waals surface area contributed by atoms with Gasteiger partial charge in [0.25, 0.3) is 0 Å². The van der Waals surface area contributed by atoms with Crippen LogP contribution in [0.25, 0.3) is 10.9 Å². The van der Waals surface area contributed by atoms with E-state index in [-0.39, 0.29) is 5.43 Å². The summed E-state index contributed by atoms with van der Waals surface area (Å²) >= 11 is 1.70. The Bertz CT molecular complexity index is 1110. The lowest BCUT2D eigenvalue weighted by Crippen LogP contribution is -2.48. The van der Waals surface area contributed by atoms with Crippen LogP contribution < -0.4 is 10.7 Å². The molecule has 0 saturated heterocycles. The van der Waals surface area contributed by atoms with Gasteiger partial charge in [0, 0.05) is 39.5 Å². The van der Waals surface area contributed by atoms with Crippen LogP contribution in [0.4, 0.5) is 5.13 Å². The lowest BCUT2D eigenvalue weighted by Gasteiger charge is -2.56. The molecule has 2 heterocycles. The summed E-state index contributed by atoms with van der Waals surface area (Å²) in [4.78, 5) is 21.3. The third kappa shape index (κ3) is 2.85. The molecular weight excluding hydrogens is 378 g/mol. The van der Waals surface area contributed by atoms with Crippen LogP contribution in [0.3, 0.4) is 0 Å². The van der Waals surface area contributed by atoms with Crippen LogP contribution in [0, 0.1) is 24.7 Å². The van der Waals surface area contributed by atoms with E-state index < -0.39 is 0 Å². The maximum Gasteiger partial charge on any atom is 0.194 e. The normalized spacial score (nSPS) is 30.2. The Morgan fingerprint density at radius 3 is 2.55 bits per heavy atom. The number of fused-ring (bicyclic) bond motifs is 1. The molecule has 0 aliphatic heterocycles. The minimum Gasteiger partial charge on any atom is -0.358 e. The molecule has 29 heavy (non-hydrogen) atoms. The number of rotatable bonds is 4. The molecule has 0 spiro atoms. The zero-order valence-corrected chi connectivity index (χ0v) is 17.6. The quantitative estimate of drug-likeness (QED) is 0.613. The van der Waals surface area contributed by atoms with Crippen molar-refractivity contribution in [2.45, 2.75) is 57.4 Å². The van der Waals surface area contributed by atoms with Crippen molar-refractivity contribution in [3.8, 4) is 0 Å². The van der Waals surface area contributed by atoms with Gasteiger partial charge in [0.2, 0.25) is 0 Å². The SMILES string of the molecule is Cc1[nH]c2ccccc2c(=O)c1CNc1nc(C23CC4CC(CC(C4)C2)C3)cs1. The molecular formula is C24H27N3OS. The van der Waals surface area contributed by atoms with Gasteiger partial charge in [-0.1, -0.05) is 12.1 Å². The molecule has 150 valence electrons. The van der Waals surface area contributed by atoms with E-state index in [1.807, 2.05) is 31.2 Å². The second-order valence-corrected chi connectivity index (χ2v) is 10.6. The highest BCUT2D eigenvalue weighted by Crippen LogP contribution is 2.60. The van der Waals surface area contributed by atoms with Gasteiger partial charge in [0.1, 0.15) is 0 Å². The first-order chi connectivity index (χ1) is 14.1. The first-order valence-electron chi connectivity index (χ1n) is 10.9. The average molecular weight is 406 g/mol. The van der Waals surface area contributed by atoms with Crippen molar-refractivity contribution in [1.82, 2.24) is 9.97 Å². The van der Waals surface area contributed by atoms with Gasteiger partial charge < -0.3 is 10.3 Å². The summed E-state index contributed by atoms with van der Waals surface area (Å²) in [6.07, 6.45) is 8.39. The highest BCUT2D eigenvalue weighted by atomic mass is 32.1. The number of anilines is 1. The Labute approximate surface area is 174 Å². The molecule has 5 heteroatoms. The summed E-state index contributed by atoms with van der Waals surface area (Å²) in [5.74, 6) is 2.79. The zero-order valence-electron chi connectivity index (χ0n) is 16.8. The van der Waals surface area contributed by atoms with E-state index in [1.54, 1.807) is 11.3 Å². The van der Waals surface area contributed by atoms with Crippen molar-refractivity contribution < 1.29 is 0 Å². The number of aromatic amines is 1. The number of hydrogen-bond acceptors (Lipinski definition) is 4. The third-order valence-electron chi connectivity index (χ3n) is 7.72. The molecule has 4 aliphatic carbocycles. The van der Waals surface area contributed by atoms with E-state index in [4.69, 9.17) is 4.98 Å². The summed E-state index contributed by atoms with van der Waals surface area (Å²) in [5, 5.41) is 7.43. The number of hydrogen-bond donors (Lipinski definition) is 2. The number of pyridine rings is 1. The summed E-state index contributed by atoms with van der Waals surface area (Å²) < 4.78 is 0. The molecule has 2 N–H and O–H groups in total. The maximum atomic E-state index is 12.9. The molecule has 7 rings (SSSR count). The summed E-state index contributed by atoms with van der Waals surface area (Å²) in [6, 6.07) is 7.73. The van der Waals surface area contributed by atoms with Crippen LogP contribution in [0.1, 0.15) is 55.5 Å². The van der Waals surface area contributed by atoms with Gasteiger partial charge >= 0.3 is 0 Å². The van der Waals surface area contributed by atoms with Gasteiger partial charge in [-0.25, -0.2) is 4.98 Å². The summed E-state index contributed by atoms with van der Waals surface area (Å²) in [5.41, 5.74) is 4.39. The number of para-hydroxylation sites is 1. The number of aromatic nitrogens is 2. The van der Waals surface area contributed by atoms with Crippen LogP contribution in [0.15, 0.2) is 34.4 Å². The molecule has 4 nitrogen and oxygen atoms in total. The highest BCUT2D eigenvalue weighted by molar-refractivity contribution is 7.13. The van der Waals surface area contributed by atoms with E-state index in [9.17, 15) is 4.79 Å². The van der Waals surface area contributed by atoms with Crippen LogP contribution in [-0.2, 0) is 12.0 Å². The van der Waals surface area contributed by atoms with Crippen molar-refractivity contribution in [1.29, 1.82) is 0 Å². The van der Waals surface area contributed by atoms with Gasteiger partial charge in [0.15, 0.2) is 10.6 Å². The fourth-order valence-corrected chi connectivity index (χ4v) is 7.63. The monoisotopic (exact) mass is 405 g/mol. The number of thiazole rings is 1. The van der Waals surface area contributed by atoms with E-state index in [2.05, 4.69) is 15.7 Å². The van der Waals surface area contributed by atoms with Crippen LogP contribution >= 0.6 is 11.3 Å². The second-order valence-electron chi connectivity index (χ2n) is 9.69. The van der Waals surface area contributed by atoms with Gasteiger partial charge in [-0.3, -0.25) is 4.79 Å². The van der Waals surface area contributed by atoms with E-state index >= 15 is 0 Å². The van der Waals surface area contributed by atoms with Crippen molar-refractivity contribution in [3.05, 3.63) is 56.8 Å². The predicted molar refractivity (Wildman–Crippen MR) is 119 cm³/mol. The van der Waals surface area contributed by atoms with Gasteiger partial charge in [-0.05, 0) is 75.3 Å². The molecule has 0 atom stereocenters. The first kappa shape index (κ1) is 17.7. The lowest BCUT2D eigenvalue weighted by molar-refractivity contribution is -0.00688. The summed E-state index contributed by atoms with van der Waals surface area (Å²) in [6.45, 7) is 2.49. The lowest BCUT2D eigenvalue weighted by atomic mass is 9.49. The molecule has 4 saturated carbocycles. The molecule has 0 unspecified atom stereocenters. The molecule has 4 aliphatic rings. The highest BCUT2D eigenvalue weighted by Gasteiger charge is 2.52. The molecule has 4 fully saturated rings. The van der Waals surface area contributed by atoms with Gasteiger partial charge in [-0.15, -0.1) is 11.3 Å². The van der Waals surface area contributed by atoms with Crippen LogP contribution in [-0.4, -0.2) is 9.97 Å². The topological polar surface area (TPSA) is 57.8 Å². The maximum absolute atomic E-state index is 12.9. The fourth-order valence-electron chi connectivity index (χ4n) is 6.80. The van der Waals surface area contributed by atoms with Crippen molar-refractivity contribution in [2.75, 3.05) is 5.32 Å². The molecule has 2 aromatic heterocycles. The number of benzene rings is 1. The Hall–Kier alpha value is -2.14. The Balaban J connectivity index is 1.25.